The zero-order chi connectivity index (χ0) is 17.2. The molecule has 4 rings (SSSR count). The summed E-state index contributed by atoms with van der Waals surface area (Å²) in [6, 6.07) is 6.72. The molecule has 0 spiro atoms. The predicted molar refractivity (Wildman–Crippen MR) is 92.7 cm³/mol. The van der Waals surface area contributed by atoms with Crippen LogP contribution in [0.1, 0.15) is 24.4 Å². The van der Waals surface area contributed by atoms with Gasteiger partial charge in [0.2, 0.25) is 5.95 Å². The number of piperidine rings is 1. The van der Waals surface area contributed by atoms with Crippen LogP contribution < -0.4 is 4.90 Å². The van der Waals surface area contributed by atoms with E-state index in [4.69, 9.17) is 0 Å². The first-order valence-corrected chi connectivity index (χ1v) is 8.40. The van der Waals surface area contributed by atoms with Gasteiger partial charge in [-0.1, -0.05) is 12.1 Å². The molecule has 0 saturated carbocycles. The van der Waals surface area contributed by atoms with Gasteiger partial charge in [0.25, 0.3) is 0 Å². The molecule has 128 valence electrons. The standard InChI is InChI=1S/C18H19FN6/c1-13-10-22-25(11-13)16-5-7-24(8-6-16)18-21-12-20-17(23-18)14-3-2-4-15(19)9-14/h2-4,9-12,16H,5-8H2,1H3. The smallest absolute Gasteiger partial charge is 0.228 e. The lowest BCUT2D eigenvalue weighted by Gasteiger charge is -2.32. The molecule has 7 heteroatoms. The van der Waals surface area contributed by atoms with Crippen molar-refractivity contribution < 1.29 is 4.39 Å². The van der Waals surface area contributed by atoms with Gasteiger partial charge in [0, 0.05) is 24.8 Å². The van der Waals surface area contributed by atoms with Crippen LogP contribution in [0, 0.1) is 12.7 Å². The van der Waals surface area contributed by atoms with Gasteiger partial charge >= 0.3 is 0 Å². The molecule has 0 radical (unpaired) electrons. The van der Waals surface area contributed by atoms with E-state index in [0.29, 0.717) is 23.4 Å². The Labute approximate surface area is 145 Å². The van der Waals surface area contributed by atoms with Gasteiger partial charge in [0.1, 0.15) is 12.1 Å². The summed E-state index contributed by atoms with van der Waals surface area (Å²) < 4.78 is 15.5. The minimum Gasteiger partial charge on any atom is -0.341 e. The van der Waals surface area contributed by atoms with E-state index in [1.54, 1.807) is 12.1 Å². The lowest BCUT2D eigenvalue weighted by molar-refractivity contribution is 0.364. The van der Waals surface area contributed by atoms with Crippen molar-refractivity contribution in [1.29, 1.82) is 0 Å². The van der Waals surface area contributed by atoms with Crippen molar-refractivity contribution in [2.24, 2.45) is 0 Å². The Bertz CT molecular complexity index is 869. The molecule has 1 aliphatic rings. The molecule has 0 bridgehead atoms. The molecule has 2 aromatic heterocycles. The van der Waals surface area contributed by atoms with Gasteiger partial charge in [-0.2, -0.15) is 10.1 Å². The minimum absolute atomic E-state index is 0.296. The molecule has 1 aromatic carbocycles. The fourth-order valence-corrected chi connectivity index (χ4v) is 3.17. The summed E-state index contributed by atoms with van der Waals surface area (Å²) in [7, 11) is 0. The Morgan fingerprint density at radius 2 is 2.00 bits per heavy atom. The maximum Gasteiger partial charge on any atom is 0.228 e. The second-order valence-electron chi connectivity index (χ2n) is 6.34. The van der Waals surface area contributed by atoms with Crippen LogP contribution in [-0.2, 0) is 0 Å². The monoisotopic (exact) mass is 338 g/mol. The van der Waals surface area contributed by atoms with Crippen molar-refractivity contribution in [2.75, 3.05) is 18.0 Å². The molecule has 0 N–H and O–H groups in total. The third-order valence-corrected chi connectivity index (χ3v) is 4.49. The number of aryl methyl sites for hydroxylation is 1. The van der Waals surface area contributed by atoms with Gasteiger partial charge in [-0.05, 0) is 37.5 Å². The highest BCUT2D eigenvalue weighted by Gasteiger charge is 2.23. The third kappa shape index (κ3) is 3.35. The van der Waals surface area contributed by atoms with E-state index in [1.165, 1.54) is 24.0 Å². The molecule has 3 heterocycles. The van der Waals surface area contributed by atoms with Crippen LogP contribution in [0.15, 0.2) is 43.0 Å². The van der Waals surface area contributed by atoms with E-state index >= 15 is 0 Å². The number of anilines is 1. The number of halogens is 1. The predicted octanol–water partition coefficient (Wildman–Crippen LogP) is 3.02. The quantitative estimate of drug-likeness (QED) is 0.735. The van der Waals surface area contributed by atoms with E-state index in [2.05, 4.69) is 42.8 Å². The summed E-state index contributed by atoms with van der Waals surface area (Å²) in [5.41, 5.74) is 1.84. The highest BCUT2D eigenvalue weighted by Crippen LogP contribution is 2.25. The Hall–Kier alpha value is -2.83. The summed E-state index contributed by atoms with van der Waals surface area (Å²) in [5.74, 6) is 0.841. The van der Waals surface area contributed by atoms with Gasteiger partial charge in [0.15, 0.2) is 5.82 Å². The van der Waals surface area contributed by atoms with E-state index in [1.807, 2.05) is 6.20 Å². The molecular weight excluding hydrogens is 319 g/mol. The van der Waals surface area contributed by atoms with E-state index < -0.39 is 0 Å². The molecule has 0 unspecified atom stereocenters. The average Bonchev–Trinajstić information content (AvgIpc) is 3.08. The Morgan fingerprint density at radius 1 is 1.16 bits per heavy atom. The van der Waals surface area contributed by atoms with Gasteiger partial charge < -0.3 is 4.90 Å². The number of nitrogens with zero attached hydrogens (tertiary/aromatic N) is 6. The molecule has 25 heavy (non-hydrogen) atoms. The van der Waals surface area contributed by atoms with Gasteiger partial charge in [-0.3, -0.25) is 4.68 Å². The summed E-state index contributed by atoms with van der Waals surface area (Å²) in [5, 5.41) is 4.42. The Balaban J connectivity index is 1.49. The highest BCUT2D eigenvalue weighted by atomic mass is 19.1. The number of rotatable bonds is 3. The van der Waals surface area contributed by atoms with Crippen molar-refractivity contribution in [3.63, 3.8) is 0 Å². The maximum atomic E-state index is 13.4. The lowest BCUT2D eigenvalue weighted by Crippen LogP contribution is -2.36. The van der Waals surface area contributed by atoms with Crippen LogP contribution in [-0.4, -0.2) is 37.8 Å². The largest absolute Gasteiger partial charge is 0.341 e. The molecule has 3 aromatic rings. The molecule has 0 atom stereocenters. The molecule has 6 nitrogen and oxygen atoms in total. The van der Waals surface area contributed by atoms with E-state index in [0.717, 1.165) is 25.9 Å². The fourth-order valence-electron chi connectivity index (χ4n) is 3.17. The van der Waals surface area contributed by atoms with Crippen LogP contribution in [0.2, 0.25) is 0 Å². The lowest BCUT2D eigenvalue weighted by atomic mass is 10.1. The van der Waals surface area contributed by atoms with Crippen LogP contribution >= 0.6 is 0 Å². The molecule has 0 amide bonds. The summed E-state index contributed by atoms with van der Waals surface area (Å²) in [4.78, 5) is 15.2. The van der Waals surface area contributed by atoms with Crippen LogP contribution in [0.3, 0.4) is 0 Å². The van der Waals surface area contributed by atoms with Crippen molar-refractivity contribution in [2.45, 2.75) is 25.8 Å². The molecule has 0 aliphatic carbocycles. The zero-order valence-electron chi connectivity index (χ0n) is 14.0. The van der Waals surface area contributed by atoms with Crippen molar-refractivity contribution in [3.05, 3.63) is 54.4 Å². The van der Waals surface area contributed by atoms with Gasteiger partial charge in [0.05, 0.1) is 12.2 Å². The number of hydrogen-bond acceptors (Lipinski definition) is 5. The third-order valence-electron chi connectivity index (χ3n) is 4.49. The highest BCUT2D eigenvalue weighted by molar-refractivity contribution is 5.55. The molecule has 1 fully saturated rings. The molecular formula is C18H19FN6. The number of aromatic nitrogens is 5. The number of hydrogen-bond donors (Lipinski definition) is 0. The van der Waals surface area contributed by atoms with Crippen molar-refractivity contribution in [1.82, 2.24) is 24.7 Å². The first-order chi connectivity index (χ1) is 12.2. The topological polar surface area (TPSA) is 59.7 Å². The number of benzene rings is 1. The normalized spacial score (nSPS) is 15.5. The average molecular weight is 338 g/mol. The summed E-state index contributed by atoms with van der Waals surface area (Å²) in [6.07, 6.45) is 7.45. The first kappa shape index (κ1) is 15.7. The Kier molecular flexibility index (Phi) is 4.13. The second-order valence-corrected chi connectivity index (χ2v) is 6.34. The molecule has 1 saturated heterocycles. The molecule has 1 aliphatic heterocycles. The summed E-state index contributed by atoms with van der Waals surface area (Å²) in [6.45, 7) is 3.77. The minimum atomic E-state index is -0.296. The first-order valence-electron chi connectivity index (χ1n) is 8.40. The fraction of sp³-hybridized carbons (Fsp3) is 0.333. The van der Waals surface area contributed by atoms with Crippen LogP contribution in [0.5, 0.6) is 0 Å². The van der Waals surface area contributed by atoms with Crippen molar-refractivity contribution in [3.8, 4) is 11.4 Å². The zero-order valence-corrected chi connectivity index (χ0v) is 14.0. The van der Waals surface area contributed by atoms with E-state index in [9.17, 15) is 4.39 Å². The Morgan fingerprint density at radius 3 is 2.72 bits per heavy atom. The van der Waals surface area contributed by atoms with Gasteiger partial charge in [-0.15, -0.1) is 0 Å². The maximum absolute atomic E-state index is 13.4. The van der Waals surface area contributed by atoms with Crippen LogP contribution in [0.4, 0.5) is 10.3 Å². The van der Waals surface area contributed by atoms with Gasteiger partial charge in [-0.25, -0.2) is 14.4 Å². The van der Waals surface area contributed by atoms with Crippen LogP contribution in [0.25, 0.3) is 11.4 Å². The van der Waals surface area contributed by atoms with E-state index in [-0.39, 0.29) is 5.82 Å². The van der Waals surface area contributed by atoms with Crippen molar-refractivity contribution >= 4 is 5.95 Å². The summed E-state index contributed by atoms with van der Waals surface area (Å²) >= 11 is 0. The SMILES string of the molecule is Cc1cnn(C2CCN(c3ncnc(-c4cccc(F)c4)n3)CC2)c1. The second kappa shape index (κ2) is 6.58.